The zero-order valence-electron chi connectivity index (χ0n) is 21.4. The van der Waals surface area contributed by atoms with Crippen LogP contribution in [0.3, 0.4) is 0 Å². The van der Waals surface area contributed by atoms with Crippen LogP contribution in [0.25, 0.3) is 0 Å². The van der Waals surface area contributed by atoms with Gasteiger partial charge < -0.3 is 19.6 Å². The number of aromatic nitrogens is 2. The summed E-state index contributed by atoms with van der Waals surface area (Å²) in [7, 11) is 1.90. The van der Waals surface area contributed by atoms with E-state index in [4.69, 9.17) is 26.4 Å². The molecule has 1 N–H and O–H groups in total. The molecule has 3 rings (SSSR count). The van der Waals surface area contributed by atoms with Crippen LogP contribution in [0.15, 0.2) is 60.8 Å². The van der Waals surface area contributed by atoms with E-state index >= 15 is 0 Å². The Morgan fingerprint density at radius 3 is 2.41 bits per heavy atom. The lowest BCUT2D eigenvalue weighted by Gasteiger charge is -2.25. The van der Waals surface area contributed by atoms with Gasteiger partial charge in [-0.3, -0.25) is 9.59 Å². The number of likely N-dealkylation sites (N-methyl/N-ethyl adjacent to an activating group) is 1. The van der Waals surface area contributed by atoms with Crippen LogP contribution in [0, 0.1) is 5.92 Å². The smallest absolute Gasteiger partial charge is 0.305 e. The van der Waals surface area contributed by atoms with Gasteiger partial charge in [0.15, 0.2) is 0 Å². The van der Waals surface area contributed by atoms with E-state index in [1.54, 1.807) is 29.2 Å². The number of carbonyl (C=O) groups excluding carboxylic acids is 1. The van der Waals surface area contributed by atoms with Gasteiger partial charge in [0.1, 0.15) is 12.4 Å². The molecular formula is C28H33ClN4O4. The molecule has 0 saturated carbocycles. The first kappa shape index (κ1) is 27.9. The van der Waals surface area contributed by atoms with Crippen LogP contribution in [-0.4, -0.2) is 58.5 Å². The number of benzene rings is 2. The standard InChI is InChI=1S/C28H33ClN4O4/c1-20(2)18-33(16-14-26(34)35)27(36)24-17-30-28(32(3)15-13-21-7-5-4-6-8-21)31-25(24)19-37-23-11-9-22(29)10-12-23/h4-12,17,20H,13-16,18-19H2,1-3H3,(H,34,35). The Morgan fingerprint density at radius 1 is 1.05 bits per heavy atom. The second-order valence-corrected chi connectivity index (χ2v) is 9.66. The lowest BCUT2D eigenvalue weighted by atomic mass is 10.1. The molecule has 1 amide bonds. The first-order valence-corrected chi connectivity index (χ1v) is 12.6. The lowest BCUT2D eigenvalue weighted by Crippen LogP contribution is -2.37. The summed E-state index contributed by atoms with van der Waals surface area (Å²) in [6, 6.07) is 17.1. The Morgan fingerprint density at radius 2 is 1.76 bits per heavy atom. The number of ether oxygens (including phenoxy) is 1. The van der Waals surface area contributed by atoms with Gasteiger partial charge >= 0.3 is 5.97 Å². The van der Waals surface area contributed by atoms with Crippen LogP contribution in [0.5, 0.6) is 5.75 Å². The number of anilines is 1. The highest BCUT2D eigenvalue weighted by Crippen LogP contribution is 2.20. The molecule has 9 heteroatoms. The van der Waals surface area contributed by atoms with Crippen LogP contribution < -0.4 is 9.64 Å². The molecule has 0 saturated heterocycles. The number of hydrogen-bond donors (Lipinski definition) is 1. The number of aliphatic carboxylic acids is 1. The highest BCUT2D eigenvalue weighted by atomic mass is 35.5. The highest BCUT2D eigenvalue weighted by molar-refractivity contribution is 6.30. The van der Waals surface area contributed by atoms with E-state index in [0.717, 1.165) is 6.42 Å². The first-order valence-electron chi connectivity index (χ1n) is 12.2. The van der Waals surface area contributed by atoms with Crippen LogP contribution in [0.1, 0.15) is 41.9 Å². The third-order valence-corrected chi connectivity index (χ3v) is 5.92. The molecule has 0 radical (unpaired) electrons. The van der Waals surface area contributed by atoms with Gasteiger partial charge in [-0.1, -0.05) is 55.8 Å². The fraction of sp³-hybridized carbons (Fsp3) is 0.357. The SMILES string of the molecule is CC(C)CN(CCC(=O)O)C(=O)c1cnc(N(C)CCc2ccccc2)nc1COc1ccc(Cl)cc1. The van der Waals surface area contributed by atoms with Crippen molar-refractivity contribution in [3.05, 3.63) is 82.6 Å². The number of nitrogens with zero attached hydrogens (tertiary/aromatic N) is 4. The van der Waals surface area contributed by atoms with Gasteiger partial charge in [0.25, 0.3) is 5.91 Å². The van der Waals surface area contributed by atoms with Crippen molar-refractivity contribution in [1.29, 1.82) is 0 Å². The summed E-state index contributed by atoms with van der Waals surface area (Å²) in [6.07, 6.45) is 2.18. The summed E-state index contributed by atoms with van der Waals surface area (Å²) in [6.45, 7) is 5.21. The number of halogens is 1. The summed E-state index contributed by atoms with van der Waals surface area (Å²) in [5.41, 5.74) is 1.93. The van der Waals surface area contributed by atoms with E-state index in [9.17, 15) is 9.59 Å². The molecule has 1 aromatic heterocycles. The Kier molecular flexibility index (Phi) is 10.3. The van der Waals surface area contributed by atoms with E-state index in [2.05, 4.69) is 17.1 Å². The third kappa shape index (κ3) is 8.75. The lowest BCUT2D eigenvalue weighted by molar-refractivity contribution is -0.137. The van der Waals surface area contributed by atoms with Crippen molar-refractivity contribution in [2.75, 3.05) is 31.6 Å². The van der Waals surface area contributed by atoms with Gasteiger partial charge in [0, 0.05) is 37.9 Å². The molecule has 0 bridgehead atoms. The zero-order chi connectivity index (χ0) is 26.8. The van der Waals surface area contributed by atoms with Crippen LogP contribution in [0.4, 0.5) is 5.95 Å². The molecule has 1 heterocycles. The van der Waals surface area contributed by atoms with E-state index in [0.29, 0.717) is 41.1 Å². The monoisotopic (exact) mass is 524 g/mol. The largest absolute Gasteiger partial charge is 0.487 e. The maximum absolute atomic E-state index is 13.5. The molecule has 0 aliphatic rings. The van der Waals surface area contributed by atoms with Crippen molar-refractivity contribution in [2.45, 2.75) is 33.3 Å². The number of amides is 1. The van der Waals surface area contributed by atoms with Crippen molar-refractivity contribution < 1.29 is 19.4 Å². The predicted molar refractivity (Wildman–Crippen MR) is 144 cm³/mol. The predicted octanol–water partition coefficient (Wildman–Crippen LogP) is 4.96. The van der Waals surface area contributed by atoms with E-state index < -0.39 is 5.97 Å². The maximum Gasteiger partial charge on any atom is 0.305 e. The summed E-state index contributed by atoms with van der Waals surface area (Å²) in [5.74, 6) is -0.0492. The average molecular weight is 525 g/mol. The quantitative estimate of drug-likeness (QED) is 0.337. The van der Waals surface area contributed by atoms with Gasteiger partial charge in [0.05, 0.1) is 17.7 Å². The Labute approximate surface area is 222 Å². The molecule has 8 nitrogen and oxygen atoms in total. The maximum atomic E-state index is 13.5. The molecule has 0 unspecified atom stereocenters. The molecule has 0 spiro atoms. The summed E-state index contributed by atoms with van der Waals surface area (Å²) < 4.78 is 5.93. The number of rotatable bonds is 13. The number of carbonyl (C=O) groups is 2. The minimum absolute atomic E-state index is 0.0409. The van der Waals surface area contributed by atoms with Crippen molar-refractivity contribution >= 4 is 29.4 Å². The Hall–Kier alpha value is -3.65. The first-order chi connectivity index (χ1) is 17.7. The second-order valence-electron chi connectivity index (χ2n) is 9.22. The molecule has 3 aromatic rings. The van der Waals surface area contributed by atoms with Crippen molar-refractivity contribution in [3.8, 4) is 5.75 Å². The van der Waals surface area contributed by atoms with E-state index in [1.165, 1.54) is 11.8 Å². The van der Waals surface area contributed by atoms with Crippen molar-refractivity contribution in [3.63, 3.8) is 0 Å². The molecule has 0 atom stereocenters. The molecule has 2 aromatic carbocycles. The number of hydrogen-bond acceptors (Lipinski definition) is 6. The van der Waals surface area contributed by atoms with Gasteiger partial charge in [0.2, 0.25) is 5.95 Å². The molecule has 0 aliphatic carbocycles. The van der Waals surface area contributed by atoms with Crippen molar-refractivity contribution in [1.82, 2.24) is 14.9 Å². The topological polar surface area (TPSA) is 95.9 Å². The van der Waals surface area contributed by atoms with Gasteiger partial charge in [-0.15, -0.1) is 0 Å². The van der Waals surface area contributed by atoms with Gasteiger partial charge in [-0.05, 0) is 42.2 Å². The summed E-state index contributed by atoms with van der Waals surface area (Å²) >= 11 is 5.98. The molecule has 0 aliphatic heterocycles. The number of carboxylic acids is 1. The summed E-state index contributed by atoms with van der Waals surface area (Å²) in [4.78, 5) is 37.4. The van der Waals surface area contributed by atoms with Crippen LogP contribution in [-0.2, 0) is 17.8 Å². The molecule has 196 valence electrons. The fourth-order valence-corrected chi connectivity index (χ4v) is 3.85. The number of carboxylic acid groups (broad SMARTS) is 1. The van der Waals surface area contributed by atoms with Crippen molar-refractivity contribution in [2.24, 2.45) is 5.92 Å². The zero-order valence-corrected chi connectivity index (χ0v) is 22.2. The second kappa shape index (κ2) is 13.6. The minimum Gasteiger partial charge on any atom is -0.487 e. The van der Waals surface area contributed by atoms with E-state index in [-0.39, 0.29) is 31.4 Å². The van der Waals surface area contributed by atoms with Crippen LogP contribution in [0.2, 0.25) is 5.02 Å². The fourth-order valence-electron chi connectivity index (χ4n) is 3.72. The summed E-state index contributed by atoms with van der Waals surface area (Å²) in [5, 5.41) is 9.76. The minimum atomic E-state index is -0.959. The third-order valence-electron chi connectivity index (χ3n) is 5.66. The Bertz CT molecular complexity index is 1170. The molecular weight excluding hydrogens is 492 g/mol. The van der Waals surface area contributed by atoms with E-state index in [1.807, 2.05) is 44.0 Å². The van der Waals surface area contributed by atoms with Gasteiger partial charge in [-0.2, -0.15) is 0 Å². The van der Waals surface area contributed by atoms with Gasteiger partial charge in [-0.25, -0.2) is 9.97 Å². The average Bonchev–Trinajstić information content (AvgIpc) is 2.89. The molecule has 37 heavy (non-hydrogen) atoms. The molecule has 0 fully saturated rings. The Balaban J connectivity index is 1.86. The van der Waals surface area contributed by atoms with Crippen LogP contribution >= 0.6 is 11.6 Å². The highest BCUT2D eigenvalue weighted by Gasteiger charge is 2.23. The normalized spacial score (nSPS) is 10.8.